The molecule has 3 aromatic rings. The minimum atomic E-state index is 0.591. The number of hydrogen-bond donors (Lipinski definition) is 1. The van der Waals surface area contributed by atoms with Crippen LogP contribution in [0.1, 0.15) is 17.7 Å². The van der Waals surface area contributed by atoms with E-state index in [-0.39, 0.29) is 0 Å². The topological polar surface area (TPSA) is 60.9 Å². The van der Waals surface area contributed by atoms with Gasteiger partial charge < -0.3 is 4.90 Å². The molecule has 1 N–H and O–H groups in total. The Morgan fingerprint density at radius 2 is 2.08 bits per heavy atom. The Morgan fingerprint density at radius 1 is 1.08 bits per heavy atom. The molecule has 0 spiro atoms. The molecular formula is C19H22N6S. The van der Waals surface area contributed by atoms with Crippen LogP contribution in [0, 0.1) is 5.92 Å². The number of aromatic amines is 1. The number of nitrogens with zero attached hydrogens (tertiary/aromatic N) is 5. The van der Waals surface area contributed by atoms with Crippen LogP contribution in [0.15, 0.2) is 43.0 Å². The minimum Gasteiger partial charge on any atom is -0.353 e. The van der Waals surface area contributed by atoms with E-state index in [1.165, 1.54) is 29.1 Å². The van der Waals surface area contributed by atoms with Gasteiger partial charge in [0.05, 0.1) is 16.8 Å². The van der Waals surface area contributed by atoms with Gasteiger partial charge in [-0.15, -0.1) is 11.3 Å². The summed E-state index contributed by atoms with van der Waals surface area (Å²) in [7, 11) is 0. The molecule has 3 aliphatic rings. The van der Waals surface area contributed by atoms with Gasteiger partial charge in [-0.05, 0) is 37.0 Å². The molecule has 0 saturated carbocycles. The fraction of sp³-hybridized carbons (Fsp3) is 0.421. The number of fused-ring (bicyclic) bond motifs is 4. The standard InChI is InChI=1S/C19H22N6S/c1-2-15-12-25(19-9-20-7-8-21-19)11-14(1)10-24(15)13-16-3-4-18(26-16)17-5-6-22-23-17/h3-9,14-15H,1-2,10-13H2,(H,22,23)/t14-,15-/m1/s1. The number of rotatable bonds is 4. The Labute approximate surface area is 156 Å². The molecule has 3 fully saturated rings. The molecule has 2 atom stereocenters. The van der Waals surface area contributed by atoms with Crippen molar-refractivity contribution in [1.29, 1.82) is 0 Å². The zero-order valence-corrected chi connectivity index (χ0v) is 15.4. The van der Waals surface area contributed by atoms with Gasteiger partial charge in [-0.1, -0.05) is 0 Å². The van der Waals surface area contributed by atoms with E-state index < -0.39 is 0 Å². The smallest absolute Gasteiger partial charge is 0.147 e. The van der Waals surface area contributed by atoms with Gasteiger partial charge in [0, 0.05) is 55.7 Å². The van der Waals surface area contributed by atoms with Crippen molar-refractivity contribution in [2.75, 3.05) is 24.5 Å². The summed E-state index contributed by atoms with van der Waals surface area (Å²) in [6.07, 6.45) is 9.84. The first-order valence-electron chi connectivity index (χ1n) is 9.18. The van der Waals surface area contributed by atoms with Crippen LogP contribution in [0.25, 0.3) is 10.6 Å². The molecule has 7 heteroatoms. The van der Waals surface area contributed by atoms with Crippen LogP contribution in [0.3, 0.4) is 0 Å². The van der Waals surface area contributed by atoms with Crippen LogP contribution >= 0.6 is 11.3 Å². The molecular weight excluding hydrogens is 344 g/mol. The highest BCUT2D eigenvalue weighted by molar-refractivity contribution is 7.15. The molecule has 0 aliphatic carbocycles. The molecule has 6 nitrogen and oxygen atoms in total. The van der Waals surface area contributed by atoms with Crippen LogP contribution in [0.2, 0.25) is 0 Å². The van der Waals surface area contributed by atoms with E-state index in [4.69, 9.17) is 0 Å². The van der Waals surface area contributed by atoms with Gasteiger partial charge in [0.25, 0.3) is 0 Å². The van der Waals surface area contributed by atoms with Crippen LogP contribution in [0.4, 0.5) is 5.82 Å². The fourth-order valence-corrected chi connectivity index (χ4v) is 5.22. The molecule has 0 radical (unpaired) electrons. The maximum absolute atomic E-state index is 4.52. The molecule has 3 saturated heterocycles. The van der Waals surface area contributed by atoms with Crippen molar-refractivity contribution >= 4 is 17.2 Å². The highest BCUT2D eigenvalue weighted by Gasteiger charge is 2.35. The summed E-state index contributed by atoms with van der Waals surface area (Å²) in [5, 5.41) is 7.12. The lowest BCUT2D eigenvalue weighted by Gasteiger charge is -2.35. The molecule has 6 rings (SSSR count). The zero-order valence-electron chi connectivity index (χ0n) is 14.6. The van der Waals surface area contributed by atoms with E-state index in [0.717, 1.165) is 31.1 Å². The Balaban J connectivity index is 1.32. The van der Waals surface area contributed by atoms with Gasteiger partial charge in [0.2, 0.25) is 0 Å². The summed E-state index contributed by atoms with van der Waals surface area (Å²) < 4.78 is 0. The largest absolute Gasteiger partial charge is 0.353 e. The SMILES string of the molecule is c1cnc(N2C[C@@H]3CC[C@H](C2)N(Cc2ccc(-c4ccn[nH]4)s2)C3)cn1. The van der Waals surface area contributed by atoms with Crippen molar-refractivity contribution in [2.24, 2.45) is 5.92 Å². The van der Waals surface area contributed by atoms with Crippen LogP contribution in [-0.2, 0) is 6.54 Å². The number of aromatic nitrogens is 4. The molecule has 3 aromatic heterocycles. The number of anilines is 1. The molecule has 6 heterocycles. The first kappa shape index (κ1) is 16.0. The van der Waals surface area contributed by atoms with E-state index >= 15 is 0 Å². The number of hydrogen-bond acceptors (Lipinski definition) is 6. The lowest BCUT2D eigenvalue weighted by atomic mass is 9.95. The second kappa shape index (κ2) is 6.81. The van der Waals surface area contributed by atoms with E-state index in [1.807, 2.05) is 29.8 Å². The third-order valence-corrected chi connectivity index (χ3v) is 6.59. The molecule has 0 amide bonds. The second-order valence-corrected chi connectivity index (χ2v) is 8.40. The van der Waals surface area contributed by atoms with Gasteiger partial charge >= 0.3 is 0 Å². The van der Waals surface area contributed by atoms with Crippen LogP contribution in [-0.4, -0.2) is 50.7 Å². The van der Waals surface area contributed by atoms with Crippen molar-refractivity contribution in [3.8, 4) is 10.6 Å². The highest BCUT2D eigenvalue weighted by Crippen LogP contribution is 2.33. The van der Waals surface area contributed by atoms with E-state index in [9.17, 15) is 0 Å². The average Bonchev–Trinajstić information content (AvgIpc) is 3.28. The Hall–Kier alpha value is -2.25. The van der Waals surface area contributed by atoms with Crippen LogP contribution in [0.5, 0.6) is 0 Å². The lowest BCUT2D eigenvalue weighted by Crippen LogP contribution is -2.43. The number of H-pyrrole nitrogens is 1. The second-order valence-electron chi connectivity index (χ2n) is 7.23. The van der Waals surface area contributed by atoms with E-state index in [0.29, 0.717) is 12.0 Å². The molecule has 3 aliphatic heterocycles. The molecule has 2 bridgehead atoms. The van der Waals surface area contributed by atoms with Crippen molar-refractivity contribution < 1.29 is 0 Å². The normalized spacial score (nSPS) is 23.3. The highest BCUT2D eigenvalue weighted by atomic mass is 32.1. The molecule has 0 aromatic carbocycles. The monoisotopic (exact) mass is 366 g/mol. The Kier molecular flexibility index (Phi) is 4.18. The number of nitrogens with one attached hydrogen (secondary N) is 1. The summed E-state index contributed by atoms with van der Waals surface area (Å²) in [4.78, 5) is 16.6. The lowest BCUT2D eigenvalue weighted by molar-refractivity contribution is 0.128. The van der Waals surface area contributed by atoms with E-state index in [1.54, 1.807) is 12.4 Å². The number of thiophene rings is 1. The quantitative estimate of drug-likeness (QED) is 0.769. The maximum atomic E-state index is 4.52. The molecule has 134 valence electrons. The average molecular weight is 366 g/mol. The van der Waals surface area contributed by atoms with Crippen molar-refractivity contribution in [2.45, 2.75) is 25.4 Å². The first-order chi connectivity index (χ1) is 12.8. The first-order valence-corrected chi connectivity index (χ1v) is 10.0. The third-order valence-electron chi connectivity index (χ3n) is 5.49. The summed E-state index contributed by atoms with van der Waals surface area (Å²) in [5.74, 6) is 1.73. The Bertz CT molecular complexity index is 846. The van der Waals surface area contributed by atoms with Crippen LogP contribution < -0.4 is 4.90 Å². The van der Waals surface area contributed by atoms with Crippen molar-refractivity contribution in [3.05, 3.63) is 47.9 Å². The predicted molar refractivity (Wildman–Crippen MR) is 103 cm³/mol. The van der Waals surface area contributed by atoms with Crippen molar-refractivity contribution in [1.82, 2.24) is 25.1 Å². The molecule has 26 heavy (non-hydrogen) atoms. The zero-order chi connectivity index (χ0) is 17.3. The Morgan fingerprint density at radius 3 is 2.92 bits per heavy atom. The number of piperidine rings is 1. The maximum Gasteiger partial charge on any atom is 0.147 e. The van der Waals surface area contributed by atoms with Gasteiger partial charge in [-0.3, -0.25) is 15.0 Å². The van der Waals surface area contributed by atoms with Gasteiger partial charge in [0.1, 0.15) is 5.82 Å². The predicted octanol–water partition coefficient (Wildman–Crippen LogP) is 3.03. The van der Waals surface area contributed by atoms with E-state index in [2.05, 4.69) is 42.1 Å². The third kappa shape index (κ3) is 3.12. The summed E-state index contributed by atoms with van der Waals surface area (Å²) in [5.41, 5.74) is 1.10. The summed E-state index contributed by atoms with van der Waals surface area (Å²) >= 11 is 1.87. The van der Waals surface area contributed by atoms with Crippen molar-refractivity contribution in [3.63, 3.8) is 0 Å². The summed E-state index contributed by atoms with van der Waals surface area (Å²) in [6, 6.07) is 7.09. The van der Waals surface area contributed by atoms with Gasteiger partial charge in [-0.25, -0.2) is 4.98 Å². The minimum absolute atomic E-state index is 0.591. The summed E-state index contributed by atoms with van der Waals surface area (Å²) in [6.45, 7) is 4.36. The van der Waals surface area contributed by atoms with Gasteiger partial charge in [-0.2, -0.15) is 5.10 Å². The van der Waals surface area contributed by atoms with Gasteiger partial charge in [0.15, 0.2) is 0 Å². The molecule has 0 unspecified atom stereocenters. The fourth-order valence-electron chi connectivity index (χ4n) is 4.22.